The van der Waals surface area contributed by atoms with Crippen molar-refractivity contribution in [3.63, 3.8) is 0 Å². The van der Waals surface area contributed by atoms with Crippen molar-refractivity contribution in [2.24, 2.45) is 0 Å². The Bertz CT molecular complexity index is 530. The van der Waals surface area contributed by atoms with E-state index in [0.29, 0.717) is 38.3 Å². The van der Waals surface area contributed by atoms with Crippen molar-refractivity contribution in [1.29, 1.82) is 0 Å². The standard InChI is InChI=1S/C15H20N4O2/c1-2-7-16-13-6-4-3-5-12(13)14(20)17-8-10-19-11-9-18-15(19)21/h2-6,16H,1,7-11H2,(H,17,20)(H,18,21). The van der Waals surface area contributed by atoms with E-state index in [1.165, 1.54) is 0 Å². The summed E-state index contributed by atoms with van der Waals surface area (Å²) in [4.78, 5) is 25.2. The maximum absolute atomic E-state index is 12.2. The number of rotatable bonds is 7. The Labute approximate surface area is 124 Å². The first-order valence-corrected chi connectivity index (χ1v) is 6.97. The summed E-state index contributed by atoms with van der Waals surface area (Å²) in [5.74, 6) is -0.151. The number of carbonyl (C=O) groups excluding carboxylic acids is 2. The third kappa shape index (κ3) is 3.98. The van der Waals surface area contributed by atoms with E-state index in [4.69, 9.17) is 0 Å². The molecule has 0 saturated carbocycles. The van der Waals surface area contributed by atoms with Crippen molar-refractivity contribution in [2.75, 3.05) is 38.0 Å². The van der Waals surface area contributed by atoms with Crippen molar-refractivity contribution in [1.82, 2.24) is 15.5 Å². The number of anilines is 1. The molecule has 3 N–H and O–H groups in total. The van der Waals surface area contributed by atoms with Gasteiger partial charge >= 0.3 is 6.03 Å². The van der Waals surface area contributed by atoms with Crippen molar-refractivity contribution < 1.29 is 9.59 Å². The molecule has 1 aliphatic heterocycles. The van der Waals surface area contributed by atoms with Crippen LogP contribution in [0.5, 0.6) is 0 Å². The van der Waals surface area contributed by atoms with Gasteiger partial charge in [0.1, 0.15) is 0 Å². The summed E-state index contributed by atoms with van der Waals surface area (Å²) in [6.07, 6.45) is 1.74. The average molecular weight is 288 g/mol. The van der Waals surface area contributed by atoms with Crippen LogP contribution in [0.4, 0.5) is 10.5 Å². The van der Waals surface area contributed by atoms with E-state index in [0.717, 1.165) is 5.69 Å². The van der Waals surface area contributed by atoms with Gasteiger partial charge in [-0.25, -0.2) is 4.79 Å². The van der Waals surface area contributed by atoms with E-state index in [9.17, 15) is 9.59 Å². The highest BCUT2D eigenvalue weighted by atomic mass is 16.2. The van der Waals surface area contributed by atoms with Gasteiger partial charge in [-0.1, -0.05) is 18.2 Å². The smallest absolute Gasteiger partial charge is 0.317 e. The lowest BCUT2D eigenvalue weighted by Gasteiger charge is -2.15. The fourth-order valence-corrected chi connectivity index (χ4v) is 2.14. The Balaban J connectivity index is 1.87. The highest BCUT2D eigenvalue weighted by molar-refractivity contribution is 5.99. The van der Waals surface area contributed by atoms with Crippen LogP contribution in [0.15, 0.2) is 36.9 Å². The number of hydrogen-bond donors (Lipinski definition) is 3. The molecule has 0 aliphatic carbocycles. The second-order valence-electron chi connectivity index (χ2n) is 4.69. The molecule has 3 amide bonds. The second kappa shape index (κ2) is 7.33. The van der Waals surface area contributed by atoms with Crippen molar-refractivity contribution >= 4 is 17.6 Å². The monoisotopic (exact) mass is 288 g/mol. The average Bonchev–Trinajstić information content (AvgIpc) is 2.91. The molecule has 1 fully saturated rings. The number of nitrogens with one attached hydrogen (secondary N) is 3. The maximum Gasteiger partial charge on any atom is 0.317 e. The molecule has 112 valence electrons. The zero-order valence-corrected chi connectivity index (χ0v) is 11.9. The molecule has 6 heteroatoms. The van der Waals surface area contributed by atoms with Gasteiger partial charge in [-0.2, -0.15) is 0 Å². The molecule has 1 saturated heterocycles. The molecular weight excluding hydrogens is 268 g/mol. The number of amides is 3. The summed E-state index contributed by atoms with van der Waals surface area (Å²) in [6, 6.07) is 7.24. The molecule has 0 unspecified atom stereocenters. The van der Waals surface area contributed by atoms with Gasteiger partial charge in [-0.15, -0.1) is 6.58 Å². The summed E-state index contributed by atoms with van der Waals surface area (Å²) in [5.41, 5.74) is 1.36. The number of urea groups is 1. The van der Waals surface area contributed by atoms with Gasteiger partial charge in [-0.05, 0) is 12.1 Å². The Hall–Kier alpha value is -2.50. The molecule has 0 radical (unpaired) electrons. The van der Waals surface area contributed by atoms with Crippen molar-refractivity contribution in [3.05, 3.63) is 42.5 Å². The van der Waals surface area contributed by atoms with Crippen LogP contribution < -0.4 is 16.0 Å². The largest absolute Gasteiger partial charge is 0.381 e. The number of benzene rings is 1. The van der Waals surface area contributed by atoms with Crippen LogP contribution in [-0.2, 0) is 0 Å². The van der Waals surface area contributed by atoms with Crippen LogP contribution in [0.25, 0.3) is 0 Å². The summed E-state index contributed by atoms with van der Waals surface area (Å²) < 4.78 is 0. The molecule has 1 aromatic carbocycles. The minimum Gasteiger partial charge on any atom is -0.381 e. The van der Waals surface area contributed by atoms with Crippen LogP contribution in [-0.4, -0.2) is 49.6 Å². The summed E-state index contributed by atoms with van der Waals surface area (Å²) in [7, 11) is 0. The SMILES string of the molecule is C=CCNc1ccccc1C(=O)NCCN1CCNC1=O. The van der Waals surface area contributed by atoms with E-state index < -0.39 is 0 Å². The van der Waals surface area contributed by atoms with Gasteiger partial charge in [0.2, 0.25) is 0 Å². The molecule has 0 spiro atoms. The third-order valence-corrected chi connectivity index (χ3v) is 3.22. The Kier molecular flexibility index (Phi) is 5.20. The number of carbonyl (C=O) groups is 2. The number of nitrogens with zero attached hydrogens (tertiary/aromatic N) is 1. The molecule has 1 heterocycles. The highest BCUT2D eigenvalue weighted by Gasteiger charge is 2.19. The lowest BCUT2D eigenvalue weighted by atomic mass is 10.1. The molecule has 1 aromatic rings. The molecule has 1 aliphatic rings. The third-order valence-electron chi connectivity index (χ3n) is 3.22. The van der Waals surface area contributed by atoms with Crippen molar-refractivity contribution in [2.45, 2.75) is 0 Å². The fourth-order valence-electron chi connectivity index (χ4n) is 2.14. The van der Waals surface area contributed by atoms with Gasteiger partial charge in [0.25, 0.3) is 5.91 Å². The fraction of sp³-hybridized carbons (Fsp3) is 0.333. The zero-order valence-electron chi connectivity index (χ0n) is 11.9. The minimum atomic E-state index is -0.151. The second-order valence-corrected chi connectivity index (χ2v) is 4.69. The quantitative estimate of drug-likeness (QED) is 0.656. The molecule has 0 bridgehead atoms. The minimum absolute atomic E-state index is 0.0719. The first-order chi connectivity index (χ1) is 10.2. The zero-order chi connectivity index (χ0) is 15.1. The predicted molar refractivity (Wildman–Crippen MR) is 82.4 cm³/mol. The first-order valence-electron chi connectivity index (χ1n) is 6.97. The lowest BCUT2D eigenvalue weighted by Crippen LogP contribution is -2.36. The van der Waals surface area contributed by atoms with Gasteiger partial charge < -0.3 is 20.9 Å². The van der Waals surface area contributed by atoms with E-state index >= 15 is 0 Å². The van der Waals surface area contributed by atoms with Crippen LogP contribution in [0.1, 0.15) is 10.4 Å². The number of hydrogen-bond acceptors (Lipinski definition) is 3. The molecular formula is C15H20N4O2. The van der Waals surface area contributed by atoms with Crippen LogP contribution in [0, 0.1) is 0 Å². The molecule has 0 aromatic heterocycles. The predicted octanol–water partition coefficient (Wildman–Crippen LogP) is 1.04. The lowest BCUT2D eigenvalue weighted by molar-refractivity contribution is 0.0951. The molecule has 21 heavy (non-hydrogen) atoms. The maximum atomic E-state index is 12.2. The topological polar surface area (TPSA) is 73.5 Å². The molecule has 0 atom stereocenters. The molecule has 6 nitrogen and oxygen atoms in total. The molecule has 2 rings (SSSR count). The van der Waals surface area contributed by atoms with E-state index in [1.54, 1.807) is 17.0 Å². The van der Waals surface area contributed by atoms with Gasteiger partial charge in [-0.3, -0.25) is 4.79 Å². The Morgan fingerprint density at radius 2 is 2.24 bits per heavy atom. The Morgan fingerprint density at radius 3 is 2.95 bits per heavy atom. The summed E-state index contributed by atoms with van der Waals surface area (Å²) >= 11 is 0. The van der Waals surface area contributed by atoms with Crippen LogP contribution in [0.2, 0.25) is 0 Å². The van der Waals surface area contributed by atoms with Gasteiger partial charge in [0.15, 0.2) is 0 Å². The van der Waals surface area contributed by atoms with Crippen LogP contribution >= 0.6 is 0 Å². The Morgan fingerprint density at radius 1 is 1.43 bits per heavy atom. The van der Waals surface area contributed by atoms with Crippen molar-refractivity contribution in [3.8, 4) is 0 Å². The van der Waals surface area contributed by atoms with E-state index in [2.05, 4.69) is 22.5 Å². The van der Waals surface area contributed by atoms with Gasteiger partial charge in [0, 0.05) is 38.4 Å². The normalized spacial score (nSPS) is 13.7. The van der Waals surface area contributed by atoms with Crippen LogP contribution in [0.3, 0.4) is 0 Å². The number of para-hydroxylation sites is 1. The van der Waals surface area contributed by atoms with E-state index in [1.807, 2.05) is 18.2 Å². The summed E-state index contributed by atoms with van der Waals surface area (Å²) in [5, 5.41) is 8.69. The summed E-state index contributed by atoms with van der Waals surface area (Å²) in [6.45, 7) is 6.54. The highest BCUT2D eigenvalue weighted by Crippen LogP contribution is 2.14. The van der Waals surface area contributed by atoms with Gasteiger partial charge in [0.05, 0.1) is 5.56 Å². The first kappa shape index (κ1) is 14.9. The van der Waals surface area contributed by atoms with E-state index in [-0.39, 0.29) is 11.9 Å².